The Labute approximate surface area is 127 Å². The Morgan fingerprint density at radius 3 is 2.17 bits per heavy atom. The second-order valence-electron chi connectivity index (χ2n) is 4.68. The number of nitrogens with two attached hydrogens (primary N) is 1. The van der Waals surface area contributed by atoms with Gasteiger partial charge in [0.2, 0.25) is 0 Å². The van der Waals surface area contributed by atoms with E-state index in [0.29, 0.717) is 6.07 Å². The number of aromatic amines is 1. The number of hydrogen-bond acceptors (Lipinski definition) is 4. The van der Waals surface area contributed by atoms with E-state index >= 15 is 0 Å². The van der Waals surface area contributed by atoms with E-state index in [0.717, 1.165) is 6.07 Å². The van der Waals surface area contributed by atoms with Crippen molar-refractivity contribution < 1.29 is 28.6 Å². The summed E-state index contributed by atoms with van der Waals surface area (Å²) in [5.41, 5.74) is 1.12. The quantitative estimate of drug-likeness (QED) is 0.678. The number of aromatic nitrogens is 1. The average molecular weight is 324 g/mol. The lowest BCUT2D eigenvalue weighted by atomic mass is 9.94. The van der Waals surface area contributed by atoms with Gasteiger partial charge in [0, 0.05) is 17.2 Å². The number of nitrogens with one attached hydrogen (secondary N) is 1. The van der Waals surface area contributed by atoms with Crippen LogP contribution in [0.25, 0.3) is 11.1 Å². The van der Waals surface area contributed by atoms with Gasteiger partial charge in [0.05, 0.1) is 0 Å². The van der Waals surface area contributed by atoms with E-state index in [2.05, 4.69) is 0 Å². The van der Waals surface area contributed by atoms with Crippen LogP contribution in [0.2, 0.25) is 0 Å². The van der Waals surface area contributed by atoms with Gasteiger partial charge in [0.15, 0.2) is 0 Å². The van der Waals surface area contributed by atoms with Crippen molar-refractivity contribution in [2.24, 2.45) is 0 Å². The van der Waals surface area contributed by atoms with Crippen molar-refractivity contribution >= 4 is 17.8 Å². The highest BCUT2D eigenvalue weighted by molar-refractivity contribution is 6.07. The second-order valence-corrected chi connectivity index (χ2v) is 4.68. The van der Waals surface area contributed by atoms with E-state index < -0.39 is 57.2 Å². The summed E-state index contributed by atoms with van der Waals surface area (Å²) in [4.78, 5) is 36.4. The highest BCUT2D eigenvalue weighted by atomic mass is 19.1. The lowest BCUT2D eigenvalue weighted by molar-refractivity contribution is 0.0695. The van der Waals surface area contributed by atoms with E-state index in [-0.39, 0.29) is 5.56 Å². The zero-order valence-corrected chi connectivity index (χ0v) is 11.6. The third-order valence-electron chi connectivity index (χ3n) is 3.19. The van der Waals surface area contributed by atoms with Gasteiger partial charge in [-0.05, 0) is 18.6 Å². The standard InChI is InChI=1S/C14H10F2N2O5/c1-4-2-5(7(16)3-6(4)15)8-9(13(20)21)11(17)18-12(19)10(8)14(22)23/h2-3H,1H3,(H,20,21)(H,22,23)(H3,17,18,19). The summed E-state index contributed by atoms with van der Waals surface area (Å²) in [6.45, 7) is 1.27. The number of rotatable bonds is 3. The molecule has 0 saturated heterocycles. The molecule has 0 atom stereocenters. The summed E-state index contributed by atoms with van der Waals surface area (Å²) < 4.78 is 27.5. The second kappa shape index (κ2) is 5.52. The molecule has 0 aliphatic rings. The Hall–Kier alpha value is -3.23. The van der Waals surface area contributed by atoms with E-state index in [1.165, 1.54) is 6.92 Å². The number of carboxylic acids is 2. The first kappa shape index (κ1) is 16.1. The largest absolute Gasteiger partial charge is 0.478 e. The maximum absolute atomic E-state index is 14.1. The number of pyridine rings is 1. The third-order valence-corrected chi connectivity index (χ3v) is 3.19. The fourth-order valence-electron chi connectivity index (χ4n) is 2.16. The summed E-state index contributed by atoms with van der Waals surface area (Å²) in [6.07, 6.45) is 0. The lowest BCUT2D eigenvalue weighted by Crippen LogP contribution is -2.24. The van der Waals surface area contributed by atoms with Gasteiger partial charge in [-0.25, -0.2) is 18.4 Å². The summed E-state index contributed by atoms with van der Waals surface area (Å²) in [6, 6.07) is 1.39. The van der Waals surface area contributed by atoms with Gasteiger partial charge in [0.25, 0.3) is 5.56 Å². The molecule has 0 bridgehead atoms. The monoisotopic (exact) mass is 324 g/mol. The smallest absolute Gasteiger partial charge is 0.342 e. The molecule has 0 saturated carbocycles. The van der Waals surface area contributed by atoms with Crippen molar-refractivity contribution in [3.05, 3.63) is 50.8 Å². The highest BCUT2D eigenvalue weighted by Crippen LogP contribution is 2.32. The van der Waals surface area contributed by atoms with Crippen molar-refractivity contribution in [2.45, 2.75) is 6.92 Å². The number of benzene rings is 1. The van der Waals surface area contributed by atoms with Crippen molar-refractivity contribution in [3.8, 4) is 11.1 Å². The zero-order valence-electron chi connectivity index (χ0n) is 11.6. The molecule has 7 nitrogen and oxygen atoms in total. The molecule has 0 unspecified atom stereocenters. The molecule has 9 heteroatoms. The van der Waals surface area contributed by atoms with Crippen LogP contribution in [0.3, 0.4) is 0 Å². The first-order chi connectivity index (χ1) is 10.6. The average Bonchev–Trinajstić information content (AvgIpc) is 2.40. The van der Waals surface area contributed by atoms with E-state index in [4.69, 9.17) is 10.8 Å². The Kier molecular flexibility index (Phi) is 3.87. The molecule has 1 aromatic heterocycles. The maximum atomic E-state index is 14.1. The van der Waals surface area contributed by atoms with Crippen LogP contribution in [0.5, 0.6) is 0 Å². The van der Waals surface area contributed by atoms with Crippen LogP contribution >= 0.6 is 0 Å². The summed E-state index contributed by atoms with van der Waals surface area (Å²) in [5, 5.41) is 18.4. The normalized spacial score (nSPS) is 10.6. The predicted octanol–water partition coefficient (Wildman–Crippen LogP) is 1.61. The lowest BCUT2D eigenvalue weighted by Gasteiger charge is -2.13. The minimum absolute atomic E-state index is 0.0621. The molecule has 2 aromatic rings. The number of H-pyrrole nitrogens is 1. The molecule has 0 spiro atoms. The van der Waals surface area contributed by atoms with Gasteiger partial charge in [-0.2, -0.15) is 0 Å². The molecular formula is C14H10F2N2O5. The van der Waals surface area contributed by atoms with Gasteiger partial charge in [-0.1, -0.05) is 0 Å². The third kappa shape index (κ3) is 2.63. The summed E-state index contributed by atoms with van der Waals surface area (Å²) >= 11 is 0. The molecule has 2 rings (SSSR count). The van der Waals surface area contributed by atoms with Gasteiger partial charge in [-0.15, -0.1) is 0 Å². The van der Waals surface area contributed by atoms with Gasteiger partial charge >= 0.3 is 11.9 Å². The van der Waals surface area contributed by atoms with Crippen LogP contribution in [0.1, 0.15) is 26.3 Å². The number of anilines is 1. The first-order valence-corrected chi connectivity index (χ1v) is 6.13. The fraction of sp³-hybridized carbons (Fsp3) is 0.0714. The van der Waals surface area contributed by atoms with Gasteiger partial charge in [0.1, 0.15) is 28.6 Å². The SMILES string of the molecule is Cc1cc(-c2c(C(=O)O)c(N)[nH]c(=O)c2C(=O)O)c(F)cc1F. The number of halogens is 2. The molecule has 5 N–H and O–H groups in total. The highest BCUT2D eigenvalue weighted by Gasteiger charge is 2.28. The molecule has 1 heterocycles. The molecule has 120 valence electrons. The minimum atomic E-state index is -1.77. The first-order valence-electron chi connectivity index (χ1n) is 6.13. The molecule has 0 amide bonds. The number of carbonyl (C=O) groups is 2. The van der Waals surface area contributed by atoms with E-state index in [1.807, 2.05) is 4.98 Å². The number of nitrogen functional groups attached to an aromatic ring is 1. The van der Waals surface area contributed by atoms with Crippen molar-refractivity contribution in [1.82, 2.24) is 4.98 Å². The molecule has 0 aliphatic carbocycles. The van der Waals surface area contributed by atoms with Crippen LogP contribution in [-0.4, -0.2) is 27.1 Å². The van der Waals surface area contributed by atoms with E-state index in [9.17, 15) is 28.3 Å². The number of hydrogen-bond donors (Lipinski definition) is 4. The Balaban J connectivity index is 3.06. The zero-order chi connectivity index (χ0) is 17.5. The maximum Gasteiger partial charge on any atom is 0.342 e. The molecule has 23 heavy (non-hydrogen) atoms. The van der Waals surface area contributed by atoms with Crippen molar-refractivity contribution in [1.29, 1.82) is 0 Å². The van der Waals surface area contributed by atoms with Crippen LogP contribution in [-0.2, 0) is 0 Å². The van der Waals surface area contributed by atoms with Gasteiger partial charge in [-0.3, -0.25) is 4.79 Å². The van der Waals surface area contributed by atoms with Crippen molar-refractivity contribution in [2.75, 3.05) is 5.73 Å². The van der Waals surface area contributed by atoms with Crippen LogP contribution < -0.4 is 11.3 Å². The Morgan fingerprint density at radius 2 is 1.65 bits per heavy atom. The fourth-order valence-corrected chi connectivity index (χ4v) is 2.16. The molecule has 0 radical (unpaired) electrons. The Bertz CT molecular complexity index is 905. The van der Waals surface area contributed by atoms with Gasteiger partial charge < -0.3 is 20.9 Å². The number of carboxylic acid groups (broad SMARTS) is 2. The number of aryl methyl sites for hydroxylation is 1. The summed E-state index contributed by atoms with van der Waals surface area (Å²) in [7, 11) is 0. The van der Waals surface area contributed by atoms with Crippen molar-refractivity contribution in [3.63, 3.8) is 0 Å². The minimum Gasteiger partial charge on any atom is -0.478 e. The predicted molar refractivity (Wildman–Crippen MR) is 75.5 cm³/mol. The molecule has 0 aliphatic heterocycles. The Morgan fingerprint density at radius 1 is 1.09 bits per heavy atom. The van der Waals surface area contributed by atoms with Crippen LogP contribution in [0, 0.1) is 18.6 Å². The molecule has 1 aromatic carbocycles. The van der Waals surface area contributed by atoms with E-state index in [1.54, 1.807) is 0 Å². The van der Waals surface area contributed by atoms with Crippen LogP contribution in [0.15, 0.2) is 16.9 Å². The molecule has 0 fully saturated rings. The summed E-state index contributed by atoms with van der Waals surface area (Å²) in [5.74, 6) is -6.20. The topological polar surface area (TPSA) is 133 Å². The van der Waals surface area contributed by atoms with Crippen LogP contribution in [0.4, 0.5) is 14.6 Å². The molecular weight excluding hydrogens is 314 g/mol. The number of aromatic carboxylic acids is 2.